The molecular formula is C12H25BrO3. The number of ether oxygens (including phenoxy) is 3. The minimum atomic E-state index is 0.672. The van der Waals surface area contributed by atoms with Gasteiger partial charge in [-0.1, -0.05) is 29.3 Å². The number of rotatable bonds is 13. The molecule has 0 aromatic rings. The highest BCUT2D eigenvalue weighted by atomic mass is 79.9. The van der Waals surface area contributed by atoms with Gasteiger partial charge in [0.15, 0.2) is 0 Å². The Labute approximate surface area is 108 Å². The van der Waals surface area contributed by atoms with Crippen molar-refractivity contribution in [2.75, 3.05) is 45.0 Å². The van der Waals surface area contributed by atoms with E-state index in [9.17, 15) is 0 Å². The summed E-state index contributed by atoms with van der Waals surface area (Å²) < 4.78 is 16.1. The van der Waals surface area contributed by atoms with Crippen LogP contribution in [0, 0.1) is 0 Å². The molecule has 0 fully saturated rings. The maximum absolute atomic E-state index is 5.39. The molecule has 0 heterocycles. The second kappa shape index (κ2) is 15.4. The summed E-state index contributed by atoms with van der Waals surface area (Å²) in [5, 5.41) is 1.06. The van der Waals surface area contributed by atoms with Gasteiger partial charge in [0.2, 0.25) is 0 Å². The third kappa shape index (κ3) is 14.4. The normalized spacial score (nSPS) is 10.9. The monoisotopic (exact) mass is 296 g/mol. The SMILES string of the molecule is CCCCOCCOCCOCCCCBr. The van der Waals surface area contributed by atoms with Crippen LogP contribution < -0.4 is 0 Å². The predicted octanol–water partition coefficient (Wildman–Crippen LogP) is 3.01. The first kappa shape index (κ1) is 16.4. The average Bonchev–Trinajstić information content (AvgIpc) is 2.31. The van der Waals surface area contributed by atoms with E-state index >= 15 is 0 Å². The smallest absolute Gasteiger partial charge is 0.0701 e. The quantitative estimate of drug-likeness (QED) is 0.386. The molecule has 0 aliphatic rings. The number of unbranched alkanes of at least 4 members (excludes halogenated alkanes) is 2. The molecule has 0 radical (unpaired) electrons. The zero-order valence-corrected chi connectivity index (χ0v) is 12.0. The van der Waals surface area contributed by atoms with Gasteiger partial charge in [0, 0.05) is 18.5 Å². The maximum atomic E-state index is 5.39. The van der Waals surface area contributed by atoms with Crippen LogP contribution in [-0.4, -0.2) is 45.0 Å². The van der Waals surface area contributed by atoms with Gasteiger partial charge in [-0.3, -0.25) is 0 Å². The van der Waals surface area contributed by atoms with E-state index in [0.29, 0.717) is 26.4 Å². The lowest BCUT2D eigenvalue weighted by Gasteiger charge is -2.06. The Morgan fingerprint density at radius 2 is 1.19 bits per heavy atom. The van der Waals surface area contributed by atoms with E-state index in [1.807, 2.05) is 0 Å². The summed E-state index contributed by atoms with van der Waals surface area (Å²) in [7, 11) is 0. The topological polar surface area (TPSA) is 27.7 Å². The molecule has 0 saturated heterocycles. The van der Waals surface area contributed by atoms with Crippen molar-refractivity contribution in [2.45, 2.75) is 32.6 Å². The van der Waals surface area contributed by atoms with Gasteiger partial charge in [-0.05, 0) is 19.3 Å². The molecule has 0 aromatic carbocycles. The molecule has 0 saturated carbocycles. The highest BCUT2D eigenvalue weighted by molar-refractivity contribution is 9.09. The molecule has 0 aliphatic carbocycles. The maximum Gasteiger partial charge on any atom is 0.0701 e. The van der Waals surface area contributed by atoms with E-state index in [1.54, 1.807) is 0 Å². The highest BCUT2D eigenvalue weighted by Crippen LogP contribution is 1.94. The first-order valence-corrected chi connectivity index (χ1v) is 7.33. The summed E-state index contributed by atoms with van der Waals surface area (Å²) in [5.74, 6) is 0. The second-order valence-electron chi connectivity index (χ2n) is 3.59. The summed E-state index contributed by atoms with van der Waals surface area (Å²) in [6, 6.07) is 0. The third-order valence-electron chi connectivity index (χ3n) is 2.06. The van der Waals surface area contributed by atoms with Crippen molar-refractivity contribution in [1.82, 2.24) is 0 Å². The molecule has 0 unspecified atom stereocenters. The minimum Gasteiger partial charge on any atom is -0.379 e. The van der Waals surface area contributed by atoms with Gasteiger partial charge in [-0.15, -0.1) is 0 Å². The Hall–Kier alpha value is 0.360. The number of alkyl halides is 1. The Kier molecular flexibility index (Phi) is 15.7. The fraction of sp³-hybridized carbons (Fsp3) is 1.00. The van der Waals surface area contributed by atoms with Crippen molar-refractivity contribution in [2.24, 2.45) is 0 Å². The largest absolute Gasteiger partial charge is 0.379 e. The molecule has 3 nitrogen and oxygen atoms in total. The molecule has 0 atom stereocenters. The third-order valence-corrected chi connectivity index (χ3v) is 2.62. The van der Waals surface area contributed by atoms with Crippen LogP contribution >= 0.6 is 15.9 Å². The molecule has 0 rings (SSSR count). The Morgan fingerprint density at radius 3 is 1.69 bits per heavy atom. The van der Waals surface area contributed by atoms with Gasteiger partial charge in [-0.25, -0.2) is 0 Å². The van der Waals surface area contributed by atoms with Crippen LogP contribution in [0.2, 0.25) is 0 Å². The van der Waals surface area contributed by atoms with Crippen LogP contribution in [0.5, 0.6) is 0 Å². The van der Waals surface area contributed by atoms with Crippen LogP contribution in [0.3, 0.4) is 0 Å². The highest BCUT2D eigenvalue weighted by Gasteiger charge is 1.91. The summed E-state index contributed by atoms with van der Waals surface area (Å²) in [6.45, 7) is 6.58. The van der Waals surface area contributed by atoms with E-state index in [2.05, 4.69) is 22.9 Å². The standard InChI is InChI=1S/C12H25BrO3/c1-2-3-7-14-9-11-16-12-10-15-8-5-4-6-13/h2-12H2,1H3. The summed E-state index contributed by atoms with van der Waals surface area (Å²) in [4.78, 5) is 0. The van der Waals surface area contributed by atoms with Gasteiger partial charge < -0.3 is 14.2 Å². The fourth-order valence-electron chi connectivity index (χ4n) is 1.09. The number of halogens is 1. The molecule has 16 heavy (non-hydrogen) atoms. The van der Waals surface area contributed by atoms with Crippen molar-refractivity contribution < 1.29 is 14.2 Å². The lowest BCUT2D eigenvalue weighted by atomic mass is 10.4. The Balaban J connectivity index is 2.83. The number of hydrogen-bond acceptors (Lipinski definition) is 3. The van der Waals surface area contributed by atoms with E-state index in [1.165, 1.54) is 12.8 Å². The summed E-state index contributed by atoms with van der Waals surface area (Å²) in [6.07, 6.45) is 4.61. The molecular weight excluding hydrogens is 272 g/mol. The lowest BCUT2D eigenvalue weighted by molar-refractivity contribution is 0.0136. The first-order chi connectivity index (χ1) is 7.91. The van der Waals surface area contributed by atoms with Crippen LogP contribution in [0.1, 0.15) is 32.6 Å². The molecule has 0 aromatic heterocycles. The second-order valence-corrected chi connectivity index (χ2v) is 4.38. The van der Waals surface area contributed by atoms with Crippen molar-refractivity contribution in [3.05, 3.63) is 0 Å². The van der Waals surface area contributed by atoms with Crippen molar-refractivity contribution >= 4 is 15.9 Å². The van der Waals surface area contributed by atoms with Crippen LogP contribution in [0.25, 0.3) is 0 Å². The molecule has 0 aliphatic heterocycles. The van der Waals surface area contributed by atoms with E-state index in [0.717, 1.165) is 31.4 Å². The predicted molar refractivity (Wildman–Crippen MR) is 70.4 cm³/mol. The zero-order valence-electron chi connectivity index (χ0n) is 10.4. The van der Waals surface area contributed by atoms with Gasteiger partial charge in [0.25, 0.3) is 0 Å². The van der Waals surface area contributed by atoms with Crippen LogP contribution in [0.4, 0.5) is 0 Å². The van der Waals surface area contributed by atoms with Crippen LogP contribution in [0.15, 0.2) is 0 Å². The van der Waals surface area contributed by atoms with E-state index < -0.39 is 0 Å². The Morgan fingerprint density at radius 1 is 0.688 bits per heavy atom. The summed E-state index contributed by atoms with van der Waals surface area (Å²) >= 11 is 3.38. The molecule has 0 spiro atoms. The van der Waals surface area contributed by atoms with E-state index in [-0.39, 0.29) is 0 Å². The van der Waals surface area contributed by atoms with Gasteiger partial charge in [-0.2, -0.15) is 0 Å². The van der Waals surface area contributed by atoms with Gasteiger partial charge >= 0.3 is 0 Å². The summed E-state index contributed by atoms with van der Waals surface area (Å²) in [5.41, 5.74) is 0. The van der Waals surface area contributed by atoms with E-state index in [4.69, 9.17) is 14.2 Å². The molecule has 98 valence electrons. The number of hydrogen-bond donors (Lipinski definition) is 0. The molecule has 0 bridgehead atoms. The van der Waals surface area contributed by atoms with Crippen molar-refractivity contribution in [3.8, 4) is 0 Å². The average molecular weight is 297 g/mol. The molecule has 0 N–H and O–H groups in total. The Bertz CT molecular complexity index is 109. The lowest BCUT2D eigenvalue weighted by Crippen LogP contribution is -2.10. The fourth-order valence-corrected chi connectivity index (χ4v) is 1.48. The van der Waals surface area contributed by atoms with Gasteiger partial charge in [0.1, 0.15) is 0 Å². The van der Waals surface area contributed by atoms with Crippen molar-refractivity contribution in [3.63, 3.8) is 0 Å². The first-order valence-electron chi connectivity index (χ1n) is 6.21. The molecule has 0 amide bonds. The zero-order chi connectivity index (χ0) is 11.9. The minimum absolute atomic E-state index is 0.672. The van der Waals surface area contributed by atoms with Crippen molar-refractivity contribution in [1.29, 1.82) is 0 Å². The van der Waals surface area contributed by atoms with Gasteiger partial charge in [0.05, 0.1) is 26.4 Å². The van der Waals surface area contributed by atoms with Crippen LogP contribution in [-0.2, 0) is 14.2 Å². The molecule has 4 heteroatoms.